The highest BCUT2D eigenvalue weighted by molar-refractivity contribution is 5.85. The van der Waals surface area contributed by atoms with Gasteiger partial charge in [-0.25, -0.2) is 4.79 Å². The largest absolute Gasteiger partial charge is 0.469 e. The number of ether oxygens (including phenoxy) is 1. The van der Waals surface area contributed by atoms with Gasteiger partial charge in [-0.1, -0.05) is 24.3 Å². The number of benzene rings is 1. The van der Waals surface area contributed by atoms with E-state index >= 15 is 0 Å². The molecule has 0 saturated carbocycles. The molecule has 1 aromatic rings. The first-order valence-electron chi connectivity index (χ1n) is 9.75. The number of carbonyl (C=O) groups excluding carboxylic acids is 2. The van der Waals surface area contributed by atoms with Crippen LogP contribution in [0.25, 0.3) is 0 Å². The van der Waals surface area contributed by atoms with Gasteiger partial charge < -0.3 is 19.4 Å². The van der Waals surface area contributed by atoms with Gasteiger partial charge in [-0.05, 0) is 36.9 Å². The van der Waals surface area contributed by atoms with Gasteiger partial charge in [0.25, 0.3) is 0 Å². The van der Waals surface area contributed by atoms with Crippen LogP contribution in [0.1, 0.15) is 30.0 Å². The zero-order valence-corrected chi connectivity index (χ0v) is 18.1. The fourth-order valence-electron chi connectivity index (χ4n) is 4.64. The number of fused-ring (bicyclic) bond motifs is 1. The molecule has 0 unspecified atom stereocenters. The zero-order valence-electron chi connectivity index (χ0n) is 17.3. The summed E-state index contributed by atoms with van der Waals surface area (Å²) in [6.07, 6.45) is 1.29. The van der Waals surface area contributed by atoms with Crippen molar-refractivity contribution in [3.63, 3.8) is 0 Å². The summed E-state index contributed by atoms with van der Waals surface area (Å²) < 4.78 is 4.73. The lowest BCUT2D eigenvalue weighted by Crippen LogP contribution is -2.41. The third kappa shape index (κ3) is 4.61. The van der Waals surface area contributed by atoms with E-state index in [0.717, 1.165) is 32.6 Å². The number of carbonyl (C=O) groups is 2. The summed E-state index contributed by atoms with van der Waals surface area (Å²) in [7, 11) is 5.08. The number of aryl methyl sites for hydroxylation is 1. The predicted molar refractivity (Wildman–Crippen MR) is 112 cm³/mol. The van der Waals surface area contributed by atoms with E-state index in [1.807, 2.05) is 14.1 Å². The van der Waals surface area contributed by atoms with E-state index in [9.17, 15) is 9.59 Å². The molecule has 2 aliphatic rings. The van der Waals surface area contributed by atoms with Gasteiger partial charge in [-0.3, -0.25) is 4.79 Å². The normalized spacial score (nSPS) is 23.9. The molecule has 6 nitrogen and oxygen atoms in total. The zero-order chi connectivity index (χ0) is 19.6. The average Bonchev–Trinajstić information content (AvgIpc) is 3.18. The number of likely N-dealkylation sites (tertiary alicyclic amines) is 2. The van der Waals surface area contributed by atoms with Crippen LogP contribution < -0.4 is 0 Å². The first-order chi connectivity index (χ1) is 12.9. The summed E-state index contributed by atoms with van der Waals surface area (Å²) in [5.74, 6) is 0.777. The van der Waals surface area contributed by atoms with Gasteiger partial charge in [-0.2, -0.15) is 0 Å². The number of amides is 2. The molecule has 2 saturated heterocycles. The molecule has 7 heteroatoms. The van der Waals surface area contributed by atoms with Crippen molar-refractivity contribution in [2.75, 3.05) is 47.4 Å². The third-order valence-electron chi connectivity index (χ3n) is 5.96. The first kappa shape index (κ1) is 22.5. The summed E-state index contributed by atoms with van der Waals surface area (Å²) in [6.45, 7) is 5.80. The molecule has 1 aromatic carbocycles. The van der Waals surface area contributed by atoms with Crippen LogP contribution in [-0.2, 0) is 9.53 Å². The molecule has 0 spiro atoms. The van der Waals surface area contributed by atoms with Crippen molar-refractivity contribution < 1.29 is 14.3 Å². The predicted octanol–water partition coefficient (Wildman–Crippen LogP) is 2.96. The quantitative estimate of drug-likeness (QED) is 0.701. The number of rotatable bonds is 5. The van der Waals surface area contributed by atoms with E-state index in [-0.39, 0.29) is 30.4 Å². The maximum Gasteiger partial charge on any atom is 0.320 e. The van der Waals surface area contributed by atoms with Crippen molar-refractivity contribution in [1.29, 1.82) is 0 Å². The van der Waals surface area contributed by atoms with Crippen LogP contribution in [0, 0.1) is 18.8 Å². The molecule has 3 atom stereocenters. The topological polar surface area (TPSA) is 53.1 Å². The second-order valence-electron chi connectivity index (χ2n) is 7.99. The maximum atomic E-state index is 12.8. The first-order valence-corrected chi connectivity index (χ1v) is 9.75. The number of methoxy groups -OCH3 is 1. The molecule has 2 aliphatic heterocycles. The van der Waals surface area contributed by atoms with Crippen LogP contribution in [0.2, 0.25) is 0 Å². The Bertz CT molecular complexity index is 697. The number of hydrogen-bond donors (Lipinski definition) is 0. The summed E-state index contributed by atoms with van der Waals surface area (Å²) in [4.78, 5) is 30.4. The minimum atomic E-state index is -0.144. The molecule has 28 heavy (non-hydrogen) atoms. The van der Waals surface area contributed by atoms with Crippen LogP contribution in [0.5, 0.6) is 0 Å². The molecule has 2 heterocycles. The highest BCUT2D eigenvalue weighted by Crippen LogP contribution is 2.46. The maximum absolute atomic E-state index is 12.8. The van der Waals surface area contributed by atoms with Gasteiger partial charge in [-0.15, -0.1) is 12.4 Å². The lowest BCUT2D eigenvalue weighted by Gasteiger charge is -2.32. The number of hydrogen-bond acceptors (Lipinski definition) is 4. The summed E-state index contributed by atoms with van der Waals surface area (Å²) in [6, 6.07) is 8.63. The Morgan fingerprint density at radius 3 is 2.54 bits per heavy atom. The number of esters is 1. The van der Waals surface area contributed by atoms with Crippen molar-refractivity contribution in [3.05, 3.63) is 35.4 Å². The molecule has 156 valence electrons. The van der Waals surface area contributed by atoms with Gasteiger partial charge in [0.1, 0.15) is 0 Å². The lowest BCUT2D eigenvalue weighted by atomic mass is 9.88. The molecule has 0 aliphatic carbocycles. The van der Waals surface area contributed by atoms with E-state index in [2.05, 4.69) is 41.0 Å². The van der Waals surface area contributed by atoms with E-state index in [0.29, 0.717) is 18.3 Å². The smallest absolute Gasteiger partial charge is 0.320 e. The Morgan fingerprint density at radius 1 is 1.18 bits per heavy atom. The summed E-state index contributed by atoms with van der Waals surface area (Å²) in [5.41, 5.74) is 2.50. The fourth-order valence-corrected chi connectivity index (χ4v) is 4.64. The van der Waals surface area contributed by atoms with Gasteiger partial charge >= 0.3 is 12.0 Å². The van der Waals surface area contributed by atoms with Crippen LogP contribution in [0.3, 0.4) is 0 Å². The summed E-state index contributed by atoms with van der Waals surface area (Å²) >= 11 is 0. The second-order valence-corrected chi connectivity index (χ2v) is 7.99. The van der Waals surface area contributed by atoms with Crippen molar-refractivity contribution in [2.45, 2.75) is 25.8 Å². The van der Waals surface area contributed by atoms with Crippen LogP contribution in [0.15, 0.2) is 24.3 Å². The molecule has 3 rings (SSSR count). The Kier molecular flexibility index (Phi) is 7.72. The third-order valence-corrected chi connectivity index (χ3v) is 5.96. The van der Waals surface area contributed by atoms with Gasteiger partial charge in [0.05, 0.1) is 13.2 Å². The standard InChI is InChI=1S/C21H31N3O3.ClH/c1-15-8-5-6-9-17(15)20-18-14-23(11-7-10-19(25)27-4)12-16(18)13-24(20)21(26)22(2)3;/h5-6,8-9,16,18,20H,7,10-14H2,1-4H3;1H/t16-,18-,20+;/m1./s1. The molecule has 2 fully saturated rings. The minimum absolute atomic E-state index is 0. The average molecular weight is 410 g/mol. The van der Waals surface area contributed by atoms with Gasteiger partial charge in [0.15, 0.2) is 0 Å². The second kappa shape index (κ2) is 9.61. The molecule has 0 N–H and O–H groups in total. The van der Waals surface area contributed by atoms with Gasteiger partial charge in [0, 0.05) is 46.1 Å². The monoisotopic (exact) mass is 409 g/mol. The molecule has 0 radical (unpaired) electrons. The van der Waals surface area contributed by atoms with Gasteiger partial charge in [0.2, 0.25) is 0 Å². The van der Waals surface area contributed by atoms with E-state index in [1.165, 1.54) is 18.2 Å². The Hall–Kier alpha value is -1.79. The molecule has 0 aromatic heterocycles. The summed E-state index contributed by atoms with van der Waals surface area (Å²) in [5, 5.41) is 0. The Labute approximate surface area is 174 Å². The van der Waals surface area contributed by atoms with E-state index < -0.39 is 0 Å². The van der Waals surface area contributed by atoms with E-state index in [4.69, 9.17) is 4.74 Å². The Morgan fingerprint density at radius 2 is 1.89 bits per heavy atom. The number of halogens is 1. The SMILES string of the molecule is COC(=O)CCCN1C[C@@H]2CN(C(=O)N(C)C)[C@@H](c3ccccc3C)[C@@H]2C1.Cl. The van der Waals surface area contributed by atoms with Crippen molar-refractivity contribution in [3.8, 4) is 0 Å². The Balaban J connectivity index is 0.00000280. The molecule has 0 bridgehead atoms. The molecule has 2 amide bonds. The highest BCUT2D eigenvalue weighted by Gasteiger charge is 2.49. The van der Waals surface area contributed by atoms with E-state index in [1.54, 1.807) is 4.90 Å². The molecular formula is C21H32ClN3O3. The fraction of sp³-hybridized carbons (Fsp3) is 0.619. The minimum Gasteiger partial charge on any atom is -0.469 e. The number of urea groups is 1. The molecular weight excluding hydrogens is 378 g/mol. The lowest BCUT2D eigenvalue weighted by molar-refractivity contribution is -0.140. The number of nitrogens with zero attached hydrogens (tertiary/aromatic N) is 3. The van der Waals surface area contributed by atoms with Crippen molar-refractivity contribution >= 4 is 24.4 Å². The van der Waals surface area contributed by atoms with Crippen molar-refractivity contribution in [2.24, 2.45) is 11.8 Å². The highest BCUT2D eigenvalue weighted by atomic mass is 35.5. The van der Waals surface area contributed by atoms with Crippen LogP contribution in [0.4, 0.5) is 4.79 Å². The van der Waals surface area contributed by atoms with Crippen LogP contribution >= 0.6 is 12.4 Å². The van der Waals surface area contributed by atoms with Crippen molar-refractivity contribution in [1.82, 2.24) is 14.7 Å². The van der Waals surface area contributed by atoms with Crippen LogP contribution in [-0.4, -0.2) is 74.1 Å².